The number of para-hydroxylation sites is 2. The van der Waals surface area contributed by atoms with Crippen LogP contribution in [-0.4, -0.2) is 34.6 Å². The summed E-state index contributed by atoms with van der Waals surface area (Å²) in [4.78, 5) is 55.6. The Balaban J connectivity index is 1.33. The van der Waals surface area contributed by atoms with E-state index in [1.165, 1.54) is 12.1 Å². The van der Waals surface area contributed by atoms with Crippen LogP contribution in [0.5, 0.6) is 5.75 Å². The number of thiazole rings is 1. The van der Waals surface area contributed by atoms with Crippen LogP contribution in [0.3, 0.4) is 0 Å². The number of carbonyl (C=O) groups is 3. The number of H-pyrrole nitrogens is 1. The molecule has 0 radical (unpaired) electrons. The zero-order valence-corrected chi connectivity index (χ0v) is 23.0. The van der Waals surface area contributed by atoms with Crippen molar-refractivity contribution in [3.63, 3.8) is 0 Å². The topological polar surface area (TPSA) is 109 Å². The average Bonchev–Trinajstić information content (AvgIpc) is 3.46. The number of carbonyl (C=O) groups excluding carboxylic acids is 3. The Kier molecular flexibility index (Phi) is 7.15. The number of hydrogen-bond donors (Lipinski definition) is 2. The Hall–Kier alpha value is -4.36. The first-order valence-electron chi connectivity index (χ1n) is 12.6. The van der Waals surface area contributed by atoms with Crippen LogP contribution in [-0.2, 0) is 20.6 Å². The van der Waals surface area contributed by atoms with E-state index in [-0.39, 0.29) is 11.5 Å². The van der Waals surface area contributed by atoms with E-state index >= 15 is 0 Å². The first kappa shape index (κ1) is 27.8. The monoisotopic (exact) mass is 611 g/mol. The summed E-state index contributed by atoms with van der Waals surface area (Å²) in [6.07, 6.45) is -4.79. The highest BCUT2D eigenvalue weighted by atomic mass is 32.2. The van der Waals surface area contributed by atoms with Crippen LogP contribution >= 0.6 is 23.1 Å². The van der Waals surface area contributed by atoms with Gasteiger partial charge in [-0.1, -0.05) is 65.6 Å². The largest absolute Gasteiger partial charge is 0.484 e. The number of fused-ring (bicyclic) bond motifs is 2. The van der Waals surface area contributed by atoms with Crippen molar-refractivity contribution in [3.8, 4) is 5.75 Å². The third-order valence-corrected chi connectivity index (χ3v) is 9.32. The molecule has 2 N–H and O–H groups in total. The van der Waals surface area contributed by atoms with Gasteiger partial charge in [0.05, 0.1) is 22.2 Å². The Bertz CT molecular complexity index is 1750. The maximum absolute atomic E-state index is 13.9. The van der Waals surface area contributed by atoms with Gasteiger partial charge in [0.2, 0.25) is 11.8 Å². The summed E-state index contributed by atoms with van der Waals surface area (Å²) in [5, 5.41) is 2.03. The standard InChI is InChI=1S/C29H20F3N3O5S2/c30-29(31,32)18-11-4-5-12-19(18)35-26(37)22-21(23-25(34-28(39)42-23)41-24(22)27(35)38)15-7-6-10-17(13-15)40-14-20(36)33-16-8-2-1-3-9-16/h1-13,21-22,24H,14H2,(H,33,36)(H,34,39)/t21-,22?,24?/m1/s1. The quantitative estimate of drug-likeness (QED) is 0.288. The van der Waals surface area contributed by atoms with E-state index in [0.717, 1.165) is 35.2 Å². The lowest BCUT2D eigenvalue weighted by atomic mass is 9.83. The van der Waals surface area contributed by atoms with Crippen LogP contribution in [0, 0.1) is 5.92 Å². The molecule has 4 aromatic rings. The number of hydrogen-bond acceptors (Lipinski definition) is 7. The molecule has 0 saturated carbocycles. The predicted octanol–water partition coefficient (Wildman–Crippen LogP) is 5.27. The number of imide groups is 1. The number of amides is 3. The molecule has 3 atom stereocenters. The van der Waals surface area contributed by atoms with Crippen molar-refractivity contribution in [3.05, 3.63) is 105 Å². The molecule has 42 heavy (non-hydrogen) atoms. The summed E-state index contributed by atoms with van der Waals surface area (Å²) >= 11 is 1.84. The van der Waals surface area contributed by atoms with E-state index in [1.54, 1.807) is 48.5 Å². The molecule has 0 spiro atoms. The normalized spacial score (nSPS) is 19.8. The summed E-state index contributed by atoms with van der Waals surface area (Å²) in [7, 11) is 0. The molecule has 8 nitrogen and oxygen atoms in total. The number of nitrogens with one attached hydrogen (secondary N) is 2. The minimum atomic E-state index is -4.79. The van der Waals surface area contributed by atoms with Gasteiger partial charge in [-0.3, -0.25) is 19.2 Å². The zero-order chi connectivity index (χ0) is 29.6. The van der Waals surface area contributed by atoms with Crippen LogP contribution < -0.4 is 19.8 Å². The molecule has 0 bridgehead atoms. The summed E-state index contributed by atoms with van der Waals surface area (Å²) in [5.41, 5.74) is -0.525. The second kappa shape index (κ2) is 10.8. The Morgan fingerprint density at radius 1 is 0.952 bits per heavy atom. The molecule has 1 fully saturated rings. The summed E-state index contributed by atoms with van der Waals surface area (Å²) < 4.78 is 47.2. The van der Waals surface area contributed by atoms with Gasteiger partial charge in [0.15, 0.2) is 6.61 Å². The van der Waals surface area contributed by atoms with Gasteiger partial charge >= 0.3 is 11.0 Å². The van der Waals surface area contributed by atoms with Gasteiger partial charge in [0.1, 0.15) is 11.0 Å². The number of thioether (sulfide) groups is 1. The summed E-state index contributed by atoms with van der Waals surface area (Å²) in [6, 6.07) is 19.8. The molecular weight excluding hydrogens is 591 g/mol. The highest BCUT2D eigenvalue weighted by Crippen LogP contribution is 2.54. The number of aromatic amines is 1. The van der Waals surface area contributed by atoms with Crippen molar-refractivity contribution in [1.29, 1.82) is 0 Å². The van der Waals surface area contributed by atoms with Crippen molar-refractivity contribution in [2.24, 2.45) is 5.92 Å². The lowest BCUT2D eigenvalue weighted by Gasteiger charge is -2.30. The summed E-state index contributed by atoms with van der Waals surface area (Å²) in [6.45, 7) is -0.312. The van der Waals surface area contributed by atoms with Gasteiger partial charge in [-0.05, 0) is 42.0 Å². The van der Waals surface area contributed by atoms with Crippen molar-refractivity contribution in [2.75, 3.05) is 16.8 Å². The lowest BCUT2D eigenvalue weighted by Crippen LogP contribution is -2.33. The Morgan fingerprint density at radius 2 is 1.69 bits per heavy atom. The zero-order valence-electron chi connectivity index (χ0n) is 21.4. The van der Waals surface area contributed by atoms with Crippen LogP contribution in [0.2, 0.25) is 0 Å². The van der Waals surface area contributed by atoms with E-state index in [4.69, 9.17) is 4.74 Å². The molecule has 2 aliphatic heterocycles. The number of nitrogens with zero attached hydrogens (tertiary/aromatic N) is 1. The van der Waals surface area contributed by atoms with E-state index in [0.29, 0.717) is 31.8 Å². The SMILES string of the molecule is O=C(COc1cccc([C@H]2c3sc(=O)[nH]c3SC3C(=O)N(c4ccccc4C(F)(F)F)C(=O)C32)c1)Nc1ccccc1. The first-order valence-corrected chi connectivity index (χ1v) is 14.3. The van der Waals surface area contributed by atoms with Crippen molar-refractivity contribution in [1.82, 2.24) is 4.98 Å². The molecule has 13 heteroatoms. The van der Waals surface area contributed by atoms with Crippen molar-refractivity contribution < 1.29 is 32.3 Å². The Labute approximate surface area is 244 Å². The van der Waals surface area contributed by atoms with Gasteiger partial charge in [-0.15, -0.1) is 0 Å². The van der Waals surface area contributed by atoms with Crippen LogP contribution in [0.1, 0.15) is 21.9 Å². The van der Waals surface area contributed by atoms with E-state index in [2.05, 4.69) is 10.3 Å². The molecular formula is C29H20F3N3O5S2. The van der Waals surface area contributed by atoms with Crippen LogP contribution in [0.25, 0.3) is 0 Å². The number of ether oxygens (including phenoxy) is 1. The Morgan fingerprint density at radius 3 is 2.45 bits per heavy atom. The third-order valence-electron chi connectivity index (χ3n) is 6.92. The number of benzene rings is 3. The summed E-state index contributed by atoms with van der Waals surface area (Å²) in [5.74, 6) is -3.59. The molecule has 3 amide bonds. The van der Waals surface area contributed by atoms with Gasteiger partial charge in [-0.25, -0.2) is 4.90 Å². The highest BCUT2D eigenvalue weighted by molar-refractivity contribution is 8.00. The highest BCUT2D eigenvalue weighted by Gasteiger charge is 2.57. The maximum atomic E-state index is 13.9. The smallest absolute Gasteiger partial charge is 0.418 e. The second-order valence-electron chi connectivity index (χ2n) is 9.55. The number of alkyl halides is 3. The molecule has 2 unspecified atom stereocenters. The van der Waals surface area contributed by atoms with E-state index in [9.17, 15) is 32.3 Å². The van der Waals surface area contributed by atoms with Gasteiger partial charge < -0.3 is 15.0 Å². The van der Waals surface area contributed by atoms with Gasteiger partial charge in [0.25, 0.3) is 5.91 Å². The van der Waals surface area contributed by atoms with Crippen molar-refractivity contribution >= 4 is 52.2 Å². The van der Waals surface area contributed by atoms with Crippen molar-refractivity contribution in [2.45, 2.75) is 22.4 Å². The molecule has 2 aliphatic rings. The van der Waals surface area contributed by atoms with Gasteiger partial charge in [0, 0.05) is 16.5 Å². The number of anilines is 2. The molecule has 6 rings (SSSR count). The molecule has 3 aromatic carbocycles. The number of aromatic nitrogens is 1. The fraction of sp³-hybridized carbons (Fsp3) is 0.172. The first-order chi connectivity index (χ1) is 20.1. The molecule has 0 aliphatic carbocycles. The third kappa shape index (κ3) is 5.09. The van der Waals surface area contributed by atoms with Crippen LogP contribution in [0.4, 0.5) is 24.5 Å². The van der Waals surface area contributed by atoms with E-state index in [1.807, 2.05) is 6.07 Å². The minimum Gasteiger partial charge on any atom is -0.484 e. The average molecular weight is 612 g/mol. The number of rotatable bonds is 6. The molecule has 214 valence electrons. The minimum absolute atomic E-state index is 0.297. The predicted molar refractivity (Wildman–Crippen MR) is 151 cm³/mol. The van der Waals surface area contributed by atoms with Crippen LogP contribution in [0.15, 0.2) is 88.7 Å². The fourth-order valence-electron chi connectivity index (χ4n) is 5.19. The molecule has 3 heterocycles. The van der Waals surface area contributed by atoms with Gasteiger partial charge in [-0.2, -0.15) is 13.2 Å². The molecule has 1 saturated heterocycles. The van der Waals surface area contributed by atoms with E-state index < -0.39 is 52.2 Å². The second-order valence-corrected chi connectivity index (χ2v) is 11.7. The fourth-order valence-corrected chi connectivity index (χ4v) is 7.70. The lowest BCUT2D eigenvalue weighted by molar-refractivity contribution is -0.137. The number of halogens is 3. The molecule has 1 aromatic heterocycles. The maximum Gasteiger partial charge on any atom is 0.418 e.